The lowest BCUT2D eigenvalue weighted by Gasteiger charge is -2.29. The van der Waals surface area contributed by atoms with E-state index in [0.717, 1.165) is 6.42 Å². The zero-order chi connectivity index (χ0) is 20.7. The minimum atomic E-state index is -0.749. The van der Waals surface area contributed by atoms with Gasteiger partial charge in [-0.05, 0) is 37.1 Å². The van der Waals surface area contributed by atoms with Crippen LogP contribution in [0.2, 0.25) is 10.0 Å². The third-order valence-corrected chi connectivity index (χ3v) is 5.13. The fourth-order valence-electron chi connectivity index (χ4n) is 2.74. The predicted octanol–water partition coefficient (Wildman–Crippen LogP) is 4.62. The Bertz CT molecular complexity index is 825. The maximum atomic E-state index is 14.1. The van der Waals surface area contributed by atoms with Crippen molar-refractivity contribution in [2.75, 3.05) is 6.54 Å². The van der Waals surface area contributed by atoms with Crippen molar-refractivity contribution in [3.8, 4) is 0 Å². The van der Waals surface area contributed by atoms with E-state index in [1.165, 1.54) is 23.1 Å². The average Bonchev–Trinajstić information content (AvgIpc) is 2.67. The van der Waals surface area contributed by atoms with Crippen LogP contribution in [0.1, 0.15) is 31.4 Å². The van der Waals surface area contributed by atoms with Crippen LogP contribution in [0, 0.1) is 5.82 Å². The molecule has 0 bridgehead atoms. The summed E-state index contributed by atoms with van der Waals surface area (Å²) in [6, 6.07) is 10.6. The molecule has 7 heteroatoms. The molecule has 0 unspecified atom stereocenters. The molecule has 0 fully saturated rings. The molecule has 0 aliphatic rings. The zero-order valence-electron chi connectivity index (χ0n) is 15.8. The summed E-state index contributed by atoms with van der Waals surface area (Å²) in [5.41, 5.74) is 0.812. The van der Waals surface area contributed by atoms with Crippen LogP contribution in [0.3, 0.4) is 0 Å². The first-order valence-electron chi connectivity index (χ1n) is 9.08. The van der Waals surface area contributed by atoms with Crippen molar-refractivity contribution >= 4 is 35.0 Å². The molecule has 0 spiro atoms. The van der Waals surface area contributed by atoms with E-state index in [2.05, 4.69) is 5.32 Å². The third kappa shape index (κ3) is 5.69. The first-order chi connectivity index (χ1) is 13.3. The Labute approximate surface area is 174 Å². The largest absolute Gasteiger partial charge is 0.354 e. The summed E-state index contributed by atoms with van der Waals surface area (Å²) in [4.78, 5) is 26.9. The van der Waals surface area contributed by atoms with E-state index in [4.69, 9.17) is 23.2 Å². The van der Waals surface area contributed by atoms with Gasteiger partial charge < -0.3 is 10.2 Å². The standard InChI is InChI=1S/C21H23Cl2FN2O2/c1-3-11-25-21(28)14(2)26(13-15-7-4-5-8-17(15)22)20(27)12-16-18(23)9-6-10-19(16)24/h4-10,14H,3,11-13H2,1-2H3,(H,25,28)/t14-/m1/s1. The maximum absolute atomic E-state index is 14.1. The van der Waals surface area contributed by atoms with Crippen LogP contribution in [-0.2, 0) is 22.6 Å². The molecule has 4 nitrogen and oxygen atoms in total. The number of halogens is 3. The van der Waals surface area contributed by atoms with Crippen molar-refractivity contribution in [3.05, 3.63) is 69.5 Å². The Hall–Kier alpha value is -2.11. The molecule has 2 amide bonds. The number of benzene rings is 2. The number of nitrogens with one attached hydrogen (secondary N) is 1. The molecule has 2 aromatic rings. The van der Waals surface area contributed by atoms with Gasteiger partial charge in [0.2, 0.25) is 11.8 Å². The molecule has 0 aromatic heterocycles. The summed E-state index contributed by atoms with van der Waals surface area (Å²) in [6.45, 7) is 4.22. The van der Waals surface area contributed by atoms with Crippen LogP contribution >= 0.6 is 23.2 Å². The smallest absolute Gasteiger partial charge is 0.242 e. The number of carbonyl (C=O) groups is 2. The summed E-state index contributed by atoms with van der Waals surface area (Å²) >= 11 is 12.3. The van der Waals surface area contributed by atoms with Gasteiger partial charge in [-0.25, -0.2) is 4.39 Å². The topological polar surface area (TPSA) is 49.4 Å². The van der Waals surface area contributed by atoms with E-state index in [-0.39, 0.29) is 29.5 Å². The lowest BCUT2D eigenvalue weighted by atomic mass is 10.1. The Morgan fingerprint density at radius 1 is 1.11 bits per heavy atom. The molecule has 1 N–H and O–H groups in total. The Kier molecular flexibility index (Phi) is 8.27. The summed E-state index contributed by atoms with van der Waals surface area (Å²) < 4.78 is 14.1. The van der Waals surface area contributed by atoms with Crippen molar-refractivity contribution in [1.82, 2.24) is 10.2 Å². The summed E-state index contributed by atoms with van der Waals surface area (Å²) in [6.07, 6.45) is 0.531. The predicted molar refractivity (Wildman–Crippen MR) is 110 cm³/mol. The van der Waals surface area contributed by atoms with Crippen LogP contribution in [0.5, 0.6) is 0 Å². The van der Waals surface area contributed by atoms with E-state index < -0.39 is 17.8 Å². The van der Waals surface area contributed by atoms with Crippen LogP contribution in [-0.4, -0.2) is 29.3 Å². The number of carbonyl (C=O) groups excluding carboxylic acids is 2. The second kappa shape index (κ2) is 10.4. The Balaban J connectivity index is 2.29. The van der Waals surface area contributed by atoms with Gasteiger partial charge >= 0.3 is 0 Å². The average molecular weight is 425 g/mol. The van der Waals surface area contributed by atoms with E-state index in [9.17, 15) is 14.0 Å². The number of nitrogens with zero attached hydrogens (tertiary/aromatic N) is 1. The second-order valence-electron chi connectivity index (χ2n) is 6.46. The highest BCUT2D eigenvalue weighted by Crippen LogP contribution is 2.23. The van der Waals surface area contributed by atoms with Gasteiger partial charge in [-0.1, -0.05) is 54.4 Å². The number of hydrogen-bond donors (Lipinski definition) is 1. The lowest BCUT2D eigenvalue weighted by molar-refractivity contribution is -0.140. The van der Waals surface area contributed by atoms with Crippen LogP contribution in [0.15, 0.2) is 42.5 Å². The highest BCUT2D eigenvalue weighted by molar-refractivity contribution is 6.31. The van der Waals surface area contributed by atoms with E-state index in [1.807, 2.05) is 6.92 Å². The molecule has 0 aliphatic carbocycles. The highest BCUT2D eigenvalue weighted by atomic mass is 35.5. The van der Waals surface area contributed by atoms with Gasteiger partial charge in [0.15, 0.2) is 0 Å². The minimum Gasteiger partial charge on any atom is -0.354 e. The number of hydrogen-bond acceptors (Lipinski definition) is 2. The second-order valence-corrected chi connectivity index (χ2v) is 7.27. The van der Waals surface area contributed by atoms with Crippen LogP contribution in [0.25, 0.3) is 0 Å². The lowest BCUT2D eigenvalue weighted by Crippen LogP contribution is -2.48. The monoisotopic (exact) mass is 424 g/mol. The Morgan fingerprint density at radius 3 is 2.43 bits per heavy atom. The van der Waals surface area contributed by atoms with Gasteiger partial charge in [0.25, 0.3) is 0 Å². The van der Waals surface area contributed by atoms with Gasteiger partial charge in [-0.15, -0.1) is 0 Å². The van der Waals surface area contributed by atoms with Crippen molar-refractivity contribution in [2.24, 2.45) is 0 Å². The van der Waals surface area contributed by atoms with E-state index >= 15 is 0 Å². The molecule has 2 aromatic carbocycles. The van der Waals surface area contributed by atoms with Gasteiger partial charge in [-0.3, -0.25) is 9.59 Å². The third-order valence-electron chi connectivity index (χ3n) is 4.40. The molecule has 0 saturated carbocycles. The number of rotatable bonds is 8. The highest BCUT2D eigenvalue weighted by Gasteiger charge is 2.27. The fraction of sp³-hybridized carbons (Fsp3) is 0.333. The molecule has 28 heavy (non-hydrogen) atoms. The summed E-state index contributed by atoms with van der Waals surface area (Å²) in [7, 11) is 0. The van der Waals surface area contributed by atoms with E-state index in [1.54, 1.807) is 31.2 Å². The molecule has 1 atom stereocenters. The van der Waals surface area contributed by atoms with Crippen molar-refractivity contribution in [1.29, 1.82) is 0 Å². The van der Waals surface area contributed by atoms with Crippen molar-refractivity contribution in [2.45, 2.75) is 39.3 Å². The molecule has 150 valence electrons. The molecular formula is C21H23Cl2FN2O2. The normalized spacial score (nSPS) is 11.8. The van der Waals surface area contributed by atoms with Gasteiger partial charge in [0.1, 0.15) is 11.9 Å². The molecule has 0 aliphatic heterocycles. The maximum Gasteiger partial charge on any atom is 0.242 e. The zero-order valence-corrected chi connectivity index (χ0v) is 17.4. The molecule has 0 radical (unpaired) electrons. The number of amides is 2. The van der Waals surface area contributed by atoms with Crippen molar-refractivity contribution < 1.29 is 14.0 Å². The summed E-state index contributed by atoms with van der Waals surface area (Å²) in [5.74, 6) is -1.24. The quantitative estimate of drug-likeness (QED) is 0.671. The van der Waals surface area contributed by atoms with Gasteiger partial charge in [0, 0.05) is 28.7 Å². The first kappa shape index (κ1) is 22.2. The molecule has 0 saturated heterocycles. The van der Waals surface area contributed by atoms with Gasteiger partial charge in [0.05, 0.1) is 6.42 Å². The van der Waals surface area contributed by atoms with Crippen LogP contribution in [0.4, 0.5) is 4.39 Å². The SMILES string of the molecule is CCCNC(=O)[C@@H](C)N(Cc1ccccc1Cl)C(=O)Cc1c(F)cccc1Cl. The van der Waals surface area contributed by atoms with Crippen molar-refractivity contribution in [3.63, 3.8) is 0 Å². The first-order valence-corrected chi connectivity index (χ1v) is 9.84. The van der Waals surface area contributed by atoms with Gasteiger partial charge in [-0.2, -0.15) is 0 Å². The molecule has 0 heterocycles. The summed E-state index contributed by atoms with van der Waals surface area (Å²) in [5, 5.41) is 3.45. The van der Waals surface area contributed by atoms with Crippen LogP contribution < -0.4 is 5.32 Å². The fourth-order valence-corrected chi connectivity index (χ4v) is 3.17. The molecule has 2 rings (SSSR count). The Morgan fingerprint density at radius 2 is 1.79 bits per heavy atom. The molecular weight excluding hydrogens is 402 g/mol. The van der Waals surface area contributed by atoms with E-state index in [0.29, 0.717) is 17.1 Å². The minimum absolute atomic E-state index is 0.111.